The molecule has 1 heterocycles. The molecule has 1 N–H and O–H groups in total. The lowest BCUT2D eigenvalue weighted by molar-refractivity contribution is -0.174. The van der Waals surface area contributed by atoms with E-state index in [0.29, 0.717) is 5.92 Å². The minimum atomic E-state index is -0.757. The van der Waals surface area contributed by atoms with Crippen molar-refractivity contribution in [2.75, 3.05) is 6.61 Å². The Labute approximate surface area is 123 Å². The molecule has 2 fully saturated rings. The summed E-state index contributed by atoms with van der Waals surface area (Å²) in [6, 6.07) is 8.05. The van der Waals surface area contributed by atoms with Crippen LogP contribution < -0.4 is 0 Å². The quantitative estimate of drug-likeness (QED) is 0.890. The van der Waals surface area contributed by atoms with Crippen LogP contribution in [0.2, 0.25) is 0 Å². The maximum Gasteiger partial charge on any atom is 0.0898 e. The zero-order chi connectivity index (χ0) is 13.5. The summed E-state index contributed by atoms with van der Waals surface area (Å²) in [5, 5.41) is 11.0. The third-order valence-electron chi connectivity index (χ3n) is 4.98. The number of ether oxygens (including phenoxy) is 1. The van der Waals surface area contributed by atoms with Gasteiger partial charge in [0.1, 0.15) is 0 Å². The lowest BCUT2D eigenvalue weighted by Gasteiger charge is -2.50. The number of rotatable bonds is 2. The average molecular weight is 325 g/mol. The summed E-state index contributed by atoms with van der Waals surface area (Å²) >= 11 is 3.44. The molecule has 0 amide bonds. The Morgan fingerprint density at radius 2 is 2.00 bits per heavy atom. The fourth-order valence-electron chi connectivity index (χ4n) is 3.45. The van der Waals surface area contributed by atoms with Gasteiger partial charge in [-0.15, -0.1) is 0 Å². The van der Waals surface area contributed by atoms with E-state index in [9.17, 15) is 5.11 Å². The molecule has 104 valence electrons. The van der Waals surface area contributed by atoms with E-state index in [0.717, 1.165) is 29.5 Å². The van der Waals surface area contributed by atoms with Gasteiger partial charge in [0.15, 0.2) is 0 Å². The van der Waals surface area contributed by atoms with E-state index >= 15 is 0 Å². The van der Waals surface area contributed by atoms with Crippen molar-refractivity contribution in [1.82, 2.24) is 0 Å². The maximum absolute atomic E-state index is 11.0. The lowest BCUT2D eigenvalue weighted by atomic mass is 9.67. The molecule has 2 aliphatic rings. The van der Waals surface area contributed by atoms with Crippen LogP contribution in [0.15, 0.2) is 28.7 Å². The molecule has 2 nitrogen and oxygen atoms in total. The number of hydrogen-bond donors (Lipinski definition) is 1. The second-order valence-corrected chi connectivity index (χ2v) is 7.14. The van der Waals surface area contributed by atoms with E-state index in [1.165, 1.54) is 19.3 Å². The van der Waals surface area contributed by atoms with Gasteiger partial charge in [-0.2, -0.15) is 0 Å². The second-order valence-electron chi connectivity index (χ2n) is 6.23. The largest absolute Gasteiger partial charge is 0.385 e. The molecule has 2 atom stereocenters. The number of benzene rings is 1. The van der Waals surface area contributed by atoms with Gasteiger partial charge in [0, 0.05) is 11.1 Å². The zero-order valence-electron chi connectivity index (χ0n) is 11.4. The fourth-order valence-corrected chi connectivity index (χ4v) is 3.71. The summed E-state index contributed by atoms with van der Waals surface area (Å²) in [6.45, 7) is 2.75. The molecule has 1 saturated carbocycles. The van der Waals surface area contributed by atoms with Crippen molar-refractivity contribution in [2.45, 2.75) is 50.2 Å². The molecule has 0 radical (unpaired) electrons. The first-order valence-electron chi connectivity index (χ1n) is 7.14. The van der Waals surface area contributed by atoms with Crippen molar-refractivity contribution >= 4 is 15.9 Å². The molecule has 1 aliphatic carbocycles. The summed E-state index contributed by atoms with van der Waals surface area (Å²) in [7, 11) is 0. The Bertz CT molecular complexity index is 448. The van der Waals surface area contributed by atoms with E-state index in [1.807, 2.05) is 31.2 Å². The summed E-state index contributed by atoms with van der Waals surface area (Å²) in [5.74, 6) is 0.294. The van der Waals surface area contributed by atoms with E-state index < -0.39 is 5.60 Å². The highest BCUT2D eigenvalue weighted by Gasteiger charge is 2.47. The molecule has 1 spiro atoms. The zero-order valence-corrected chi connectivity index (χ0v) is 12.9. The Morgan fingerprint density at radius 1 is 1.32 bits per heavy atom. The van der Waals surface area contributed by atoms with Gasteiger partial charge in [-0.3, -0.25) is 0 Å². The molecular weight excluding hydrogens is 304 g/mol. The van der Waals surface area contributed by atoms with Gasteiger partial charge in [-0.1, -0.05) is 28.1 Å². The Kier molecular flexibility index (Phi) is 3.48. The molecule has 3 rings (SSSR count). The lowest BCUT2D eigenvalue weighted by Crippen LogP contribution is -2.49. The van der Waals surface area contributed by atoms with E-state index in [2.05, 4.69) is 15.9 Å². The highest BCUT2D eigenvalue weighted by atomic mass is 79.9. The minimum absolute atomic E-state index is 0.0856. The van der Waals surface area contributed by atoms with E-state index in [1.54, 1.807) is 0 Å². The number of halogens is 1. The highest BCUT2D eigenvalue weighted by Crippen LogP contribution is 2.48. The standard InChI is InChI=1S/C16H21BrO2/c1-15(18,12-3-5-14(17)6-4-12)13-7-10-19-16(11-13)8-2-9-16/h3-6,13,18H,2,7-11H2,1H3. The smallest absolute Gasteiger partial charge is 0.0898 e. The second kappa shape index (κ2) is 4.87. The van der Waals surface area contributed by atoms with E-state index in [-0.39, 0.29) is 5.60 Å². The third kappa shape index (κ3) is 2.48. The first-order chi connectivity index (χ1) is 9.02. The van der Waals surface area contributed by atoms with E-state index in [4.69, 9.17) is 4.74 Å². The molecule has 1 aromatic rings. The Hall–Kier alpha value is -0.380. The first-order valence-corrected chi connectivity index (χ1v) is 7.94. The SMILES string of the molecule is CC(O)(c1ccc(Br)cc1)C1CCOC2(CCC2)C1. The molecular formula is C16H21BrO2. The Balaban J connectivity index is 1.81. The molecule has 1 aromatic carbocycles. The van der Waals surface area contributed by atoms with Crippen molar-refractivity contribution in [2.24, 2.45) is 5.92 Å². The monoisotopic (exact) mass is 324 g/mol. The van der Waals surface area contributed by atoms with Crippen LogP contribution in [0.4, 0.5) is 0 Å². The molecule has 0 aromatic heterocycles. The first kappa shape index (κ1) is 13.6. The number of hydrogen-bond acceptors (Lipinski definition) is 2. The normalized spacial score (nSPS) is 28.7. The molecule has 1 saturated heterocycles. The van der Waals surface area contributed by atoms with Crippen LogP contribution in [0.5, 0.6) is 0 Å². The van der Waals surface area contributed by atoms with Gasteiger partial charge in [0.2, 0.25) is 0 Å². The molecule has 1 aliphatic heterocycles. The molecule has 19 heavy (non-hydrogen) atoms. The van der Waals surface area contributed by atoms with Crippen molar-refractivity contribution in [3.8, 4) is 0 Å². The summed E-state index contributed by atoms with van der Waals surface area (Å²) in [6.07, 6.45) is 5.55. The average Bonchev–Trinajstić information content (AvgIpc) is 2.37. The summed E-state index contributed by atoms with van der Waals surface area (Å²) in [4.78, 5) is 0. The predicted octanol–water partition coefficient (Wildman–Crippen LogP) is 4.01. The number of aliphatic hydroxyl groups is 1. The van der Waals surface area contributed by atoms with Crippen molar-refractivity contribution in [3.05, 3.63) is 34.3 Å². The maximum atomic E-state index is 11.0. The topological polar surface area (TPSA) is 29.5 Å². The van der Waals surface area contributed by atoms with Gasteiger partial charge in [-0.05, 0) is 62.6 Å². The van der Waals surface area contributed by atoms with Crippen molar-refractivity contribution < 1.29 is 9.84 Å². The molecule has 3 heteroatoms. The van der Waals surface area contributed by atoms with Crippen LogP contribution in [0.3, 0.4) is 0 Å². The van der Waals surface area contributed by atoms with Crippen molar-refractivity contribution in [1.29, 1.82) is 0 Å². The predicted molar refractivity (Wildman–Crippen MR) is 79.0 cm³/mol. The van der Waals surface area contributed by atoms with Crippen LogP contribution in [0, 0.1) is 5.92 Å². The van der Waals surface area contributed by atoms with Crippen molar-refractivity contribution in [3.63, 3.8) is 0 Å². The van der Waals surface area contributed by atoms with Gasteiger partial charge in [0.05, 0.1) is 11.2 Å². The van der Waals surface area contributed by atoms with Crippen LogP contribution in [0.1, 0.15) is 44.6 Å². The molecule has 2 unspecified atom stereocenters. The van der Waals surface area contributed by atoms with Gasteiger partial charge < -0.3 is 9.84 Å². The van der Waals surface area contributed by atoms with Crippen LogP contribution in [-0.4, -0.2) is 17.3 Å². The fraction of sp³-hybridized carbons (Fsp3) is 0.625. The van der Waals surface area contributed by atoms with Crippen LogP contribution in [-0.2, 0) is 10.3 Å². The summed E-state index contributed by atoms with van der Waals surface area (Å²) in [5.41, 5.74) is 0.340. The van der Waals surface area contributed by atoms with Gasteiger partial charge >= 0.3 is 0 Å². The third-order valence-corrected chi connectivity index (χ3v) is 5.51. The summed E-state index contributed by atoms with van der Waals surface area (Å²) < 4.78 is 7.01. The van der Waals surface area contributed by atoms with Crippen LogP contribution in [0.25, 0.3) is 0 Å². The van der Waals surface area contributed by atoms with Gasteiger partial charge in [0.25, 0.3) is 0 Å². The minimum Gasteiger partial charge on any atom is -0.385 e. The highest BCUT2D eigenvalue weighted by molar-refractivity contribution is 9.10. The molecule has 0 bridgehead atoms. The Morgan fingerprint density at radius 3 is 2.58 bits per heavy atom. The van der Waals surface area contributed by atoms with Crippen LogP contribution >= 0.6 is 15.9 Å². The van der Waals surface area contributed by atoms with Gasteiger partial charge in [-0.25, -0.2) is 0 Å².